The van der Waals surface area contributed by atoms with E-state index in [1.807, 2.05) is 6.92 Å². The van der Waals surface area contributed by atoms with Crippen LogP contribution in [-0.2, 0) is 4.74 Å². The monoisotopic (exact) mass is 399 g/mol. The molecule has 3 aromatic rings. The molecule has 0 radical (unpaired) electrons. The highest BCUT2D eigenvalue weighted by Crippen LogP contribution is 2.30. The quantitative estimate of drug-likeness (QED) is 0.644. The van der Waals surface area contributed by atoms with Gasteiger partial charge in [0.15, 0.2) is 5.13 Å². The number of halogens is 1. The molecular formula is C20H18FN3O3S. The van der Waals surface area contributed by atoms with E-state index in [1.54, 1.807) is 26.0 Å². The number of esters is 1. The first-order valence-corrected chi connectivity index (χ1v) is 9.40. The average Bonchev–Trinajstić information content (AvgIpc) is 3.02. The van der Waals surface area contributed by atoms with Gasteiger partial charge in [0.1, 0.15) is 11.5 Å². The van der Waals surface area contributed by atoms with E-state index in [1.165, 1.54) is 35.6 Å². The Balaban J connectivity index is 1.78. The van der Waals surface area contributed by atoms with Gasteiger partial charge in [0, 0.05) is 10.4 Å². The number of nitrogens with zero attached hydrogens (tertiary/aromatic N) is 2. The zero-order valence-corrected chi connectivity index (χ0v) is 16.4. The van der Waals surface area contributed by atoms with E-state index < -0.39 is 11.9 Å². The van der Waals surface area contributed by atoms with Crippen molar-refractivity contribution in [2.45, 2.75) is 20.8 Å². The second-order valence-corrected chi connectivity index (χ2v) is 7.14. The summed E-state index contributed by atoms with van der Waals surface area (Å²) in [5, 5.41) is 3.13. The molecule has 2 aromatic heterocycles. The van der Waals surface area contributed by atoms with Crippen LogP contribution < -0.4 is 5.32 Å². The van der Waals surface area contributed by atoms with Crippen LogP contribution in [0.2, 0.25) is 0 Å². The number of hydrogen-bond donors (Lipinski definition) is 1. The average molecular weight is 399 g/mol. The number of carbonyl (C=O) groups is 2. The Kier molecular flexibility index (Phi) is 5.79. The van der Waals surface area contributed by atoms with Gasteiger partial charge in [-0.05, 0) is 57.2 Å². The first-order chi connectivity index (χ1) is 13.4. The van der Waals surface area contributed by atoms with Crippen molar-refractivity contribution in [1.29, 1.82) is 0 Å². The van der Waals surface area contributed by atoms with Crippen LogP contribution >= 0.6 is 11.3 Å². The maximum Gasteiger partial charge on any atom is 0.339 e. The largest absolute Gasteiger partial charge is 0.462 e. The minimum absolute atomic E-state index is 0.168. The summed E-state index contributed by atoms with van der Waals surface area (Å²) in [5.41, 5.74) is 2.35. The number of ether oxygens (including phenoxy) is 1. The van der Waals surface area contributed by atoms with Crippen molar-refractivity contribution in [3.8, 4) is 11.3 Å². The van der Waals surface area contributed by atoms with E-state index in [0.717, 1.165) is 10.4 Å². The minimum atomic E-state index is -0.473. The lowest BCUT2D eigenvalue weighted by atomic mass is 10.1. The molecule has 1 aromatic carbocycles. The number of rotatable bonds is 5. The van der Waals surface area contributed by atoms with Gasteiger partial charge in [0.2, 0.25) is 0 Å². The van der Waals surface area contributed by atoms with Crippen molar-refractivity contribution in [3.05, 3.63) is 64.0 Å². The zero-order valence-electron chi connectivity index (χ0n) is 15.6. The first kappa shape index (κ1) is 19.6. The van der Waals surface area contributed by atoms with Crippen molar-refractivity contribution < 1.29 is 18.7 Å². The number of thiazole rings is 1. The lowest BCUT2D eigenvalue weighted by Crippen LogP contribution is -2.16. The van der Waals surface area contributed by atoms with Crippen LogP contribution in [0.1, 0.15) is 38.3 Å². The van der Waals surface area contributed by atoms with Crippen molar-refractivity contribution >= 4 is 28.3 Å². The molecule has 0 atom stereocenters. The SMILES string of the molecule is CCOC(=O)c1ccc(C(=O)Nc2nc(-c3ccc(F)cc3)c(C)s2)nc1C. The van der Waals surface area contributed by atoms with Gasteiger partial charge in [-0.2, -0.15) is 0 Å². The number of nitrogens with one attached hydrogen (secondary N) is 1. The minimum Gasteiger partial charge on any atom is -0.462 e. The Morgan fingerprint density at radius 3 is 2.46 bits per heavy atom. The third kappa shape index (κ3) is 4.23. The number of amides is 1. The highest BCUT2D eigenvalue weighted by Gasteiger charge is 2.17. The van der Waals surface area contributed by atoms with Crippen LogP contribution in [0.15, 0.2) is 36.4 Å². The fourth-order valence-corrected chi connectivity index (χ4v) is 3.43. The third-order valence-electron chi connectivity index (χ3n) is 3.95. The van der Waals surface area contributed by atoms with Gasteiger partial charge in [-0.15, -0.1) is 11.3 Å². The van der Waals surface area contributed by atoms with Crippen LogP contribution in [0.25, 0.3) is 11.3 Å². The maximum atomic E-state index is 13.1. The number of aryl methyl sites for hydroxylation is 2. The predicted molar refractivity (Wildman–Crippen MR) is 105 cm³/mol. The van der Waals surface area contributed by atoms with Crippen LogP contribution in [0, 0.1) is 19.7 Å². The molecule has 1 amide bonds. The smallest absolute Gasteiger partial charge is 0.339 e. The van der Waals surface area contributed by atoms with Crippen molar-refractivity contribution in [1.82, 2.24) is 9.97 Å². The fourth-order valence-electron chi connectivity index (χ4n) is 2.60. The van der Waals surface area contributed by atoms with E-state index in [9.17, 15) is 14.0 Å². The second kappa shape index (κ2) is 8.26. The Bertz CT molecular complexity index is 1030. The number of hydrogen-bond acceptors (Lipinski definition) is 6. The Morgan fingerprint density at radius 2 is 1.82 bits per heavy atom. The van der Waals surface area contributed by atoms with Gasteiger partial charge in [0.05, 0.1) is 23.6 Å². The standard InChI is InChI=1S/C20H18FN3O3S/c1-4-27-19(26)15-9-10-16(22-11(15)2)18(25)24-20-23-17(12(3)28-20)13-5-7-14(21)8-6-13/h5-10H,4H2,1-3H3,(H,23,24,25). The van der Waals surface area contributed by atoms with Gasteiger partial charge < -0.3 is 4.74 Å². The number of benzene rings is 1. The molecule has 0 unspecified atom stereocenters. The van der Waals surface area contributed by atoms with Gasteiger partial charge in [0.25, 0.3) is 5.91 Å². The van der Waals surface area contributed by atoms with Crippen molar-refractivity contribution in [3.63, 3.8) is 0 Å². The molecule has 0 fully saturated rings. The molecule has 3 rings (SSSR count). The molecule has 6 nitrogen and oxygen atoms in total. The lowest BCUT2D eigenvalue weighted by molar-refractivity contribution is 0.0524. The summed E-state index contributed by atoms with van der Waals surface area (Å²) in [6.45, 7) is 5.50. The second-order valence-electron chi connectivity index (χ2n) is 5.93. The van der Waals surface area contributed by atoms with E-state index in [0.29, 0.717) is 22.1 Å². The first-order valence-electron chi connectivity index (χ1n) is 8.58. The van der Waals surface area contributed by atoms with Crippen LogP contribution in [0.3, 0.4) is 0 Å². The summed E-state index contributed by atoms with van der Waals surface area (Å²) in [7, 11) is 0. The van der Waals surface area contributed by atoms with Crippen molar-refractivity contribution in [2.24, 2.45) is 0 Å². The molecule has 8 heteroatoms. The van der Waals surface area contributed by atoms with Crippen LogP contribution in [0.5, 0.6) is 0 Å². The maximum absolute atomic E-state index is 13.1. The van der Waals surface area contributed by atoms with E-state index in [-0.39, 0.29) is 18.1 Å². The number of anilines is 1. The molecule has 0 aliphatic carbocycles. The fraction of sp³-hybridized carbons (Fsp3) is 0.200. The molecule has 0 saturated heterocycles. The zero-order chi connectivity index (χ0) is 20.3. The summed E-state index contributed by atoms with van der Waals surface area (Å²) in [5.74, 6) is -1.23. The summed E-state index contributed by atoms with van der Waals surface area (Å²) < 4.78 is 18.1. The molecule has 0 spiro atoms. The van der Waals surface area contributed by atoms with E-state index >= 15 is 0 Å². The number of pyridine rings is 1. The molecule has 0 saturated carbocycles. The van der Waals surface area contributed by atoms with Gasteiger partial charge in [-0.3, -0.25) is 10.1 Å². The van der Waals surface area contributed by atoms with E-state index in [4.69, 9.17) is 4.74 Å². The Labute approximate surface area is 165 Å². The van der Waals surface area contributed by atoms with Gasteiger partial charge >= 0.3 is 5.97 Å². The van der Waals surface area contributed by atoms with Crippen LogP contribution in [-0.4, -0.2) is 28.5 Å². The number of carbonyl (C=O) groups excluding carboxylic acids is 2. The Hall–Kier alpha value is -3.13. The van der Waals surface area contributed by atoms with Gasteiger partial charge in [-0.1, -0.05) is 0 Å². The summed E-state index contributed by atoms with van der Waals surface area (Å²) >= 11 is 1.32. The summed E-state index contributed by atoms with van der Waals surface area (Å²) in [6.07, 6.45) is 0. The molecule has 0 aliphatic heterocycles. The third-order valence-corrected chi connectivity index (χ3v) is 4.83. The molecular weight excluding hydrogens is 381 g/mol. The molecule has 144 valence electrons. The summed E-state index contributed by atoms with van der Waals surface area (Å²) in [6, 6.07) is 9.00. The molecule has 28 heavy (non-hydrogen) atoms. The number of aromatic nitrogens is 2. The molecule has 0 aliphatic rings. The topological polar surface area (TPSA) is 81.2 Å². The molecule has 0 bridgehead atoms. The predicted octanol–water partition coefficient (Wildman–Crippen LogP) is 4.39. The van der Waals surface area contributed by atoms with Crippen molar-refractivity contribution in [2.75, 3.05) is 11.9 Å². The van der Waals surface area contributed by atoms with E-state index in [2.05, 4.69) is 15.3 Å². The molecule has 1 N–H and O–H groups in total. The Morgan fingerprint density at radius 1 is 1.11 bits per heavy atom. The van der Waals surface area contributed by atoms with Crippen LogP contribution in [0.4, 0.5) is 9.52 Å². The van der Waals surface area contributed by atoms with Gasteiger partial charge in [-0.25, -0.2) is 19.2 Å². The normalized spacial score (nSPS) is 10.6. The highest BCUT2D eigenvalue weighted by atomic mass is 32.1. The summed E-state index contributed by atoms with van der Waals surface area (Å²) in [4.78, 5) is 33.9. The molecule has 2 heterocycles. The lowest BCUT2D eigenvalue weighted by Gasteiger charge is -2.07. The highest BCUT2D eigenvalue weighted by molar-refractivity contribution is 7.16.